The molecule has 3 nitrogen and oxygen atoms in total. The molecule has 0 radical (unpaired) electrons. The molecule has 0 aromatic rings. The van der Waals surface area contributed by atoms with Gasteiger partial charge in [-0.05, 0) is 31.9 Å². The fraction of sp³-hybridized carbons (Fsp3) is 0.625. The largest absolute Gasteiger partial charge is 0.508 e. The summed E-state index contributed by atoms with van der Waals surface area (Å²) in [5.74, 6) is 6.29. The molecule has 0 atom stereocenters. The molecule has 0 aliphatic rings. The maximum absolute atomic E-state index is 10.8. The summed E-state index contributed by atoms with van der Waals surface area (Å²) < 4.78 is 9.34. The first-order valence-corrected chi connectivity index (χ1v) is 6.95. The first-order valence-electron chi connectivity index (χ1n) is 6.95. The SMILES string of the molecule is CCCCCC#CCCC=C=CCOC(=O)OCC. The number of ether oxygens (including phenoxy) is 2. The Balaban J connectivity index is 3.49. The zero-order valence-corrected chi connectivity index (χ0v) is 12.0. The average molecular weight is 264 g/mol. The van der Waals surface area contributed by atoms with Gasteiger partial charge in [0.25, 0.3) is 0 Å². The first kappa shape index (κ1) is 17.4. The Kier molecular flexibility index (Phi) is 13.2. The van der Waals surface area contributed by atoms with Crippen molar-refractivity contribution in [3.8, 4) is 11.8 Å². The number of hydrogen-bond acceptors (Lipinski definition) is 3. The second-order valence-corrected chi connectivity index (χ2v) is 3.92. The predicted octanol–water partition coefficient (Wildman–Crippen LogP) is 4.23. The van der Waals surface area contributed by atoms with Gasteiger partial charge in [-0.2, -0.15) is 0 Å². The van der Waals surface area contributed by atoms with Gasteiger partial charge in [-0.3, -0.25) is 0 Å². The molecular weight excluding hydrogens is 240 g/mol. The van der Waals surface area contributed by atoms with E-state index < -0.39 is 6.16 Å². The molecule has 0 aliphatic carbocycles. The second-order valence-electron chi connectivity index (χ2n) is 3.92. The lowest BCUT2D eigenvalue weighted by Crippen LogP contribution is -2.06. The van der Waals surface area contributed by atoms with E-state index in [0.717, 1.165) is 19.3 Å². The van der Waals surface area contributed by atoms with Crippen molar-refractivity contribution < 1.29 is 14.3 Å². The highest BCUT2D eigenvalue weighted by molar-refractivity contribution is 5.59. The molecule has 0 heterocycles. The highest BCUT2D eigenvalue weighted by Gasteiger charge is 1.97. The summed E-state index contributed by atoms with van der Waals surface area (Å²) >= 11 is 0. The van der Waals surface area contributed by atoms with Gasteiger partial charge in [-0.1, -0.05) is 19.8 Å². The quantitative estimate of drug-likeness (QED) is 0.285. The molecule has 0 fully saturated rings. The summed E-state index contributed by atoms with van der Waals surface area (Å²) in [6, 6.07) is 0. The Bertz CT molecular complexity index is 341. The molecule has 0 rings (SSSR count). The molecule has 0 saturated heterocycles. The minimum atomic E-state index is -0.640. The molecule has 0 saturated carbocycles. The van der Waals surface area contributed by atoms with Crippen LogP contribution >= 0.6 is 0 Å². The van der Waals surface area contributed by atoms with Crippen LogP contribution in [-0.4, -0.2) is 19.4 Å². The smallest absolute Gasteiger partial charge is 0.435 e. The molecule has 0 N–H and O–H groups in total. The number of carbonyl (C=O) groups is 1. The van der Waals surface area contributed by atoms with Crippen molar-refractivity contribution in [2.45, 2.75) is 52.4 Å². The first-order chi connectivity index (χ1) is 9.31. The van der Waals surface area contributed by atoms with Gasteiger partial charge in [0.15, 0.2) is 0 Å². The maximum atomic E-state index is 10.8. The molecule has 0 aromatic carbocycles. The van der Waals surface area contributed by atoms with E-state index in [2.05, 4.69) is 29.2 Å². The lowest BCUT2D eigenvalue weighted by atomic mass is 10.2. The number of hydrogen-bond donors (Lipinski definition) is 0. The van der Waals surface area contributed by atoms with Gasteiger partial charge in [0.1, 0.15) is 6.61 Å². The number of carbonyl (C=O) groups excluding carboxylic acids is 1. The number of unbranched alkanes of at least 4 members (excludes halogenated alkanes) is 4. The van der Waals surface area contributed by atoms with E-state index in [1.165, 1.54) is 19.3 Å². The minimum absolute atomic E-state index is 0.192. The Morgan fingerprint density at radius 1 is 1.05 bits per heavy atom. The summed E-state index contributed by atoms with van der Waals surface area (Å²) in [6.07, 6.45) is 9.34. The molecule has 0 bridgehead atoms. The van der Waals surface area contributed by atoms with Crippen LogP contribution in [-0.2, 0) is 9.47 Å². The van der Waals surface area contributed by atoms with Crippen LogP contribution in [0.25, 0.3) is 0 Å². The summed E-state index contributed by atoms with van der Waals surface area (Å²) in [4.78, 5) is 10.8. The lowest BCUT2D eigenvalue weighted by Gasteiger charge is -1.99. The van der Waals surface area contributed by atoms with Crippen LogP contribution in [0.3, 0.4) is 0 Å². The zero-order chi connectivity index (χ0) is 14.2. The van der Waals surface area contributed by atoms with Gasteiger partial charge in [0, 0.05) is 12.8 Å². The van der Waals surface area contributed by atoms with Gasteiger partial charge < -0.3 is 9.47 Å². The Morgan fingerprint density at radius 3 is 2.58 bits per heavy atom. The van der Waals surface area contributed by atoms with Crippen molar-refractivity contribution in [2.75, 3.05) is 13.2 Å². The van der Waals surface area contributed by atoms with Crippen LogP contribution in [0.1, 0.15) is 52.4 Å². The van der Waals surface area contributed by atoms with Gasteiger partial charge in [0.2, 0.25) is 0 Å². The fourth-order valence-electron chi connectivity index (χ4n) is 1.27. The third kappa shape index (κ3) is 14.3. The molecule has 0 spiro atoms. The minimum Gasteiger partial charge on any atom is -0.435 e. The monoisotopic (exact) mass is 264 g/mol. The summed E-state index contributed by atoms with van der Waals surface area (Å²) in [5.41, 5.74) is 2.94. The van der Waals surface area contributed by atoms with E-state index in [4.69, 9.17) is 4.74 Å². The van der Waals surface area contributed by atoms with Crippen molar-refractivity contribution in [1.29, 1.82) is 0 Å². The summed E-state index contributed by atoms with van der Waals surface area (Å²) in [5, 5.41) is 0. The Labute approximate surface area is 116 Å². The topological polar surface area (TPSA) is 35.5 Å². The van der Waals surface area contributed by atoms with E-state index in [0.29, 0.717) is 6.61 Å². The lowest BCUT2D eigenvalue weighted by molar-refractivity contribution is 0.0673. The highest BCUT2D eigenvalue weighted by atomic mass is 16.7. The van der Waals surface area contributed by atoms with Gasteiger partial charge >= 0.3 is 6.16 Å². The van der Waals surface area contributed by atoms with Gasteiger partial charge in [0.05, 0.1) is 6.61 Å². The highest BCUT2D eigenvalue weighted by Crippen LogP contribution is 1.97. The molecule has 0 aliphatic heterocycles. The van der Waals surface area contributed by atoms with Crippen LogP contribution in [0.4, 0.5) is 4.79 Å². The van der Waals surface area contributed by atoms with Crippen LogP contribution < -0.4 is 0 Å². The molecule has 3 heteroatoms. The normalized spacial score (nSPS) is 8.74. The molecular formula is C16H24O3. The van der Waals surface area contributed by atoms with Crippen molar-refractivity contribution in [3.05, 3.63) is 17.9 Å². The van der Waals surface area contributed by atoms with E-state index in [9.17, 15) is 4.79 Å². The molecule has 106 valence electrons. The van der Waals surface area contributed by atoms with Gasteiger partial charge in [-0.25, -0.2) is 4.79 Å². The third-order valence-electron chi connectivity index (χ3n) is 2.23. The van der Waals surface area contributed by atoms with Crippen molar-refractivity contribution in [2.24, 2.45) is 0 Å². The van der Waals surface area contributed by atoms with E-state index in [1.807, 2.05) is 6.08 Å². The van der Waals surface area contributed by atoms with E-state index >= 15 is 0 Å². The van der Waals surface area contributed by atoms with Crippen molar-refractivity contribution >= 4 is 6.16 Å². The summed E-state index contributed by atoms with van der Waals surface area (Å²) in [6.45, 7) is 4.45. The Morgan fingerprint density at radius 2 is 1.84 bits per heavy atom. The molecule has 0 aromatic heterocycles. The van der Waals surface area contributed by atoms with Crippen LogP contribution in [0.2, 0.25) is 0 Å². The predicted molar refractivity (Wildman–Crippen MR) is 76.8 cm³/mol. The van der Waals surface area contributed by atoms with Crippen molar-refractivity contribution in [3.63, 3.8) is 0 Å². The molecule has 0 amide bonds. The van der Waals surface area contributed by atoms with Gasteiger partial charge in [-0.15, -0.1) is 17.6 Å². The van der Waals surface area contributed by atoms with E-state index in [1.54, 1.807) is 13.0 Å². The molecule has 19 heavy (non-hydrogen) atoms. The second kappa shape index (κ2) is 14.4. The fourth-order valence-corrected chi connectivity index (χ4v) is 1.27. The summed E-state index contributed by atoms with van der Waals surface area (Å²) in [7, 11) is 0. The average Bonchev–Trinajstić information content (AvgIpc) is 2.40. The van der Waals surface area contributed by atoms with Crippen molar-refractivity contribution in [1.82, 2.24) is 0 Å². The van der Waals surface area contributed by atoms with Crippen LogP contribution in [0.15, 0.2) is 17.9 Å². The standard InChI is InChI=1S/C16H24O3/c1-3-5-6-7-8-9-10-11-12-13-14-15-19-16(17)18-4-2/h12,14H,3-7,10-11,15H2,1-2H3. The zero-order valence-electron chi connectivity index (χ0n) is 12.0. The Hall–Kier alpha value is -1.65. The third-order valence-corrected chi connectivity index (χ3v) is 2.23. The maximum Gasteiger partial charge on any atom is 0.508 e. The van der Waals surface area contributed by atoms with E-state index in [-0.39, 0.29) is 6.61 Å². The van der Waals surface area contributed by atoms with Crippen LogP contribution in [0.5, 0.6) is 0 Å². The molecule has 0 unspecified atom stereocenters. The number of rotatable bonds is 8. The van der Waals surface area contributed by atoms with Crippen LogP contribution in [0, 0.1) is 11.8 Å².